The summed E-state index contributed by atoms with van der Waals surface area (Å²) >= 11 is 0. The molecular weight excluding hydrogens is 258 g/mol. The minimum atomic E-state index is -1.33. The average molecular weight is 269 g/mol. The highest BCUT2D eigenvalue weighted by atomic mass is 16.4. The number of carboxylic acid groups (broad SMARTS) is 1. The predicted molar refractivity (Wildman–Crippen MR) is 71.4 cm³/mol. The number of nitrogens with zero attached hydrogens (tertiary/aromatic N) is 3. The molecule has 100 valence electrons. The number of rotatable bonds is 3. The number of hydrogen-bond acceptors (Lipinski definition) is 3. The molecule has 6 nitrogen and oxygen atoms in total. The summed E-state index contributed by atoms with van der Waals surface area (Å²) in [5.41, 5.74) is -0.222. The molecule has 2 rings (SSSR count). The Morgan fingerprint density at radius 1 is 1.40 bits per heavy atom. The van der Waals surface area contributed by atoms with Crippen molar-refractivity contribution in [3.8, 4) is 0 Å². The van der Waals surface area contributed by atoms with Crippen molar-refractivity contribution in [3.63, 3.8) is 0 Å². The second-order valence-corrected chi connectivity index (χ2v) is 4.17. The first-order valence-electron chi connectivity index (χ1n) is 5.80. The van der Waals surface area contributed by atoms with Crippen molar-refractivity contribution < 1.29 is 9.90 Å². The minimum Gasteiger partial charge on any atom is -0.477 e. The Morgan fingerprint density at radius 3 is 2.60 bits per heavy atom. The number of carbonyl (C=O) groups is 1. The van der Waals surface area contributed by atoms with Gasteiger partial charge in [-0.25, -0.2) is 11.4 Å². The molecule has 2 aromatic rings. The van der Waals surface area contributed by atoms with Crippen LogP contribution >= 0.6 is 0 Å². The Balaban J connectivity index is 2.66. The van der Waals surface area contributed by atoms with Gasteiger partial charge in [0.2, 0.25) is 0 Å². The number of aromatic nitrogens is 2. The van der Waals surface area contributed by atoms with E-state index in [4.69, 9.17) is 11.7 Å². The Labute approximate surface area is 114 Å². The van der Waals surface area contributed by atoms with E-state index in [1.807, 2.05) is 0 Å². The molecule has 0 saturated carbocycles. The van der Waals surface area contributed by atoms with Gasteiger partial charge in [0.05, 0.1) is 11.3 Å². The number of aromatic carboxylic acids is 1. The maximum Gasteiger partial charge on any atom is 0.345 e. The Kier molecular flexibility index (Phi) is 3.62. The molecule has 0 fully saturated rings. The van der Waals surface area contributed by atoms with Crippen LogP contribution in [0.2, 0.25) is 0 Å². The summed E-state index contributed by atoms with van der Waals surface area (Å²) in [6.45, 7) is 8.84. The van der Waals surface area contributed by atoms with Crippen LogP contribution in [0.15, 0.2) is 41.2 Å². The van der Waals surface area contributed by atoms with Crippen molar-refractivity contribution in [2.75, 3.05) is 0 Å². The molecule has 1 aromatic carbocycles. The van der Waals surface area contributed by atoms with Crippen LogP contribution in [0.3, 0.4) is 0 Å². The molecule has 1 heterocycles. The van der Waals surface area contributed by atoms with E-state index >= 15 is 0 Å². The summed E-state index contributed by atoms with van der Waals surface area (Å²) in [6, 6.07) is 9.87. The summed E-state index contributed by atoms with van der Waals surface area (Å²) in [5.74, 6) is -1.33. The van der Waals surface area contributed by atoms with Gasteiger partial charge in [-0.2, -0.15) is 5.10 Å². The third-order valence-electron chi connectivity index (χ3n) is 2.74. The molecule has 0 amide bonds. The van der Waals surface area contributed by atoms with Crippen molar-refractivity contribution in [2.45, 2.75) is 13.1 Å². The van der Waals surface area contributed by atoms with E-state index in [9.17, 15) is 9.59 Å². The van der Waals surface area contributed by atoms with Crippen LogP contribution < -0.4 is 5.56 Å². The van der Waals surface area contributed by atoms with E-state index < -0.39 is 17.7 Å². The van der Waals surface area contributed by atoms with Gasteiger partial charge in [0.25, 0.3) is 5.56 Å². The normalized spacial score (nSPS) is 11.6. The van der Waals surface area contributed by atoms with E-state index in [0.29, 0.717) is 11.3 Å². The molecule has 1 N–H and O–H groups in total. The van der Waals surface area contributed by atoms with Crippen molar-refractivity contribution in [1.82, 2.24) is 9.78 Å². The first-order chi connectivity index (χ1) is 9.54. The molecule has 1 atom stereocenters. The lowest BCUT2D eigenvalue weighted by atomic mass is 10.1. The van der Waals surface area contributed by atoms with Crippen LogP contribution in [0.1, 0.15) is 27.8 Å². The van der Waals surface area contributed by atoms with Crippen LogP contribution in [0.25, 0.3) is 4.85 Å². The van der Waals surface area contributed by atoms with Crippen LogP contribution in [0.5, 0.6) is 0 Å². The first-order valence-corrected chi connectivity index (χ1v) is 5.80. The van der Waals surface area contributed by atoms with E-state index in [1.165, 1.54) is 6.07 Å². The molecule has 0 bridgehead atoms. The van der Waals surface area contributed by atoms with Crippen LogP contribution in [-0.2, 0) is 0 Å². The third-order valence-corrected chi connectivity index (χ3v) is 2.74. The van der Waals surface area contributed by atoms with Gasteiger partial charge in [-0.3, -0.25) is 9.64 Å². The summed E-state index contributed by atoms with van der Waals surface area (Å²) < 4.78 is 0.918. The van der Waals surface area contributed by atoms with Gasteiger partial charge in [0, 0.05) is 0 Å². The van der Waals surface area contributed by atoms with Gasteiger partial charge in [0.1, 0.15) is 5.56 Å². The zero-order valence-corrected chi connectivity index (χ0v) is 10.6. The molecule has 0 spiro atoms. The molecule has 0 unspecified atom stereocenters. The van der Waals surface area contributed by atoms with Crippen LogP contribution in [0, 0.1) is 13.5 Å². The van der Waals surface area contributed by atoms with Gasteiger partial charge < -0.3 is 5.11 Å². The third kappa shape index (κ3) is 2.42. The fraction of sp³-hybridized carbons (Fsp3) is 0.143. The van der Waals surface area contributed by atoms with Crippen molar-refractivity contribution in [2.24, 2.45) is 0 Å². The van der Waals surface area contributed by atoms with Crippen molar-refractivity contribution >= 4 is 5.97 Å². The Bertz CT molecular complexity index is 744. The van der Waals surface area contributed by atoms with Gasteiger partial charge in [0.15, 0.2) is 0 Å². The monoisotopic (exact) mass is 269 g/mol. The quantitative estimate of drug-likeness (QED) is 0.861. The number of benzene rings is 1. The van der Waals surface area contributed by atoms with Crippen LogP contribution in [0.4, 0.5) is 0 Å². The first kappa shape index (κ1) is 13.5. The van der Waals surface area contributed by atoms with E-state index in [2.05, 4.69) is 9.94 Å². The second-order valence-electron chi connectivity index (χ2n) is 4.17. The summed E-state index contributed by atoms with van der Waals surface area (Å²) in [7, 11) is 0. The van der Waals surface area contributed by atoms with Gasteiger partial charge >= 0.3 is 12.1 Å². The molecule has 0 saturated heterocycles. The van der Waals surface area contributed by atoms with Gasteiger partial charge in [-0.1, -0.05) is 18.2 Å². The zero-order valence-electron chi connectivity index (χ0n) is 10.6. The van der Waals surface area contributed by atoms with Crippen molar-refractivity contribution in [1.29, 1.82) is 0 Å². The lowest BCUT2D eigenvalue weighted by Gasteiger charge is -2.09. The highest BCUT2D eigenvalue weighted by molar-refractivity contribution is 5.87. The van der Waals surface area contributed by atoms with E-state index in [-0.39, 0.29) is 5.56 Å². The number of aryl methyl sites for hydroxylation is 1. The lowest BCUT2D eigenvalue weighted by Crippen LogP contribution is -2.31. The molecule has 6 heteroatoms. The molecule has 20 heavy (non-hydrogen) atoms. The standard InChI is InChI=1S/C14H11N3O3/c1-9-8-11(14(19)20)13(18)17(16-9)12(15-2)10-6-4-3-5-7-10/h3-8,12H,1H3,(H,19,20)/t12-/m0/s1. The topological polar surface area (TPSA) is 76.6 Å². The van der Waals surface area contributed by atoms with Gasteiger partial charge in [-0.15, -0.1) is 4.68 Å². The highest BCUT2D eigenvalue weighted by Gasteiger charge is 2.24. The summed E-state index contributed by atoms with van der Waals surface area (Å²) in [6.07, 6.45) is -0.971. The Morgan fingerprint density at radius 2 is 2.05 bits per heavy atom. The van der Waals surface area contributed by atoms with E-state index in [0.717, 1.165) is 4.68 Å². The van der Waals surface area contributed by atoms with E-state index in [1.54, 1.807) is 37.3 Å². The molecular formula is C14H11N3O3. The molecule has 0 aliphatic rings. The summed E-state index contributed by atoms with van der Waals surface area (Å²) in [4.78, 5) is 26.6. The Hall–Kier alpha value is -2.94. The van der Waals surface area contributed by atoms with Crippen molar-refractivity contribution in [3.05, 3.63) is 75.0 Å². The second kappa shape index (κ2) is 5.36. The SMILES string of the molecule is [C-]#[N+][C@H](c1ccccc1)n1nc(C)cc(C(=O)O)c1=O. The molecule has 0 aliphatic heterocycles. The fourth-order valence-electron chi connectivity index (χ4n) is 1.85. The zero-order chi connectivity index (χ0) is 14.7. The minimum absolute atomic E-state index is 0.367. The number of hydrogen-bond donors (Lipinski definition) is 1. The lowest BCUT2D eigenvalue weighted by molar-refractivity contribution is 0.0693. The predicted octanol–water partition coefficient (Wildman–Crippen LogP) is 1.72. The fourth-order valence-corrected chi connectivity index (χ4v) is 1.85. The molecule has 0 aliphatic carbocycles. The maximum absolute atomic E-state index is 12.1. The summed E-state index contributed by atoms with van der Waals surface area (Å²) in [5, 5.41) is 13.0. The highest BCUT2D eigenvalue weighted by Crippen LogP contribution is 2.17. The smallest absolute Gasteiger partial charge is 0.345 e. The largest absolute Gasteiger partial charge is 0.477 e. The van der Waals surface area contributed by atoms with Crippen LogP contribution in [-0.4, -0.2) is 20.9 Å². The average Bonchev–Trinajstić information content (AvgIpc) is 2.44. The molecule has 1 aromatic heterocycles. The van der Waals surface area contributed by atoms with Gasteiger partial charge in [-0.05, 0) is 25.1 Å². The number of carboxylic acids is 1. The maximum atomic E-state index is 12.1. The molecule has 0 radical (unpaired) electrons.